The van der Waals surface area contributed by atoms with Crippen molar-refractivity contribution in [1.82, 2.24) is 5.32 Å². The quantitative estimate of drug-likeness (QED) is 0.310. The molecule has 1 aliphatic rings. The van der Waals surface area contributed by atoms with Crippen LogP contribution in [0.2, 0.25) is 5.02 Å². The molecular weight excluding hydrogens is 516 g/mol. The standard InChI is InChI=1S/C30H27ClN4O2S/c1-18-8-7-11-25(19(18)2)35-26(36)17-38-30-24(16-32)28(21-9-5-4-6-10-21)27(20(3)33-30)29(37)34-23-14-12-22(31)13-15-23/h4-15,28,33H,17H2,1-3H3,(H,34,37)(H,35,36)/t28-/m0/s1. The maximum Gasteiger partial charge on any atom is 0.254 e. The highest BCUT2D eigenvalue weighted by molar-refractivity contribution is 8.03. The molecule has 0 saturated carbocycles. The van der Waals surface area contributed by atoms with Gasteiger partial charge in [0.2, 0.25) is 5.91 Å². The molecule has 0 aromatic heterocycles. The number of carbonyl (C=O) groups excluding carboxylic acids is 2. The minimum absolute atomic E-state index is 0.0992. The maximum atomic E-state index is 13.5. The number of nitriles is 1. The van der Waals surface area contributed by atoms with E-state index in [0.29, 0.717) is 32.6 Å². The molecule has 0 bridgehead atoms. The zero-order valence-corrected chi connectivity index (χ0v) is 22.8. The van der Waals surface area contributed by atoms with Crippen molar-refractivity contribution >= 4 is 46.6 Å². The van der Waals surface area contributed by atoms with Crippen LogP contribution in [0.4, 0.5) is 11.4 Å². The van der Waals surface area contributed by atoms with Crippen molar-refractivity contribution < 1.29 is 9.59 Å². The molecule has 6 nitrogen and oxygen atoms in total. The zero-order chi connectivity index (χ0) is 27.2. The number of amides is 2. The summed E-state index contributed by atoms with van der Waals surface area (Å²) in [5.74, 6) is -1.00. The van der Waals surface area contributed by atoms with Gasteiger partial charge < -0.3 is 16.0 Å². The lowest BCUT2D eigenvalue weighted by atomic mass is 9.82. The summed E-state index contributed by atoms with van der Waals surface area (Å²) in [7, 11) is 0. The average molecular weight is 543 g/mol. The van der Waals surface area contributed by atoms with E-state index < -0.39 is 5.92 Å². The van der Waals surface area contributed by atoms with Crippen LogP contribution in [0.3, 0.4) is 0 Å². The lowest BCUT2D eigenvalue weighted by molar-refractivity contribution is -0.114. The molecule has 2 amide bonds. The van der Waals surface area contributed by atoms with Crippen LogP contribution >= 0.6 is 23.4 Å². The monoisotopic (exact) mass is 542 g/mol. The van der Waals surface area contributed by atoms with Gasteiger partial charge >= 0.3 is 0 Å². The summed E-state index contributed by atoms with van der Waals surface area (Å²) >= 11 is 7.23. The van der Waals surface area contributed by atoms with Crippen LogP contribution in [0, 0.1) is 25.2 Å². The van der Waals surface area contributed by atoms with Crippen molar-refractivity contribution in [2.75, 3.05) is 16.4 Å². The third-order valence-corrected chi connectivity index (χ3v) is 7.62. The van der Waals surface area contributed by atoms with Gasteiger partial charge in [-0.15, -0.1) is 0 Å². The first-order valence-corrected chi connectivity index (χ1v) is 13.4. The lowest BCUT2D eigenvalue weighted by Gasteiger charge is -2.30. The second kappa shape index (κ2) is 12.0. The predicted octanol–water partition coefficient (Wildman–Crippen LogP) is 6.66. The van der Waals surface area contributed by atoms with Gasteiger partial charge in [-0.25, -0.2) is 0 Å². The molecular formula is C30H27ClN4O2S. The number of carbonyl (C=O) groups is 2. The molecule has 0 aliphatic carbocycles. The Labute approximate surface area is 231 Å². The summed E-state index contributed by atoms with van der Waals surface area (Å²) in [6, 6.07) is 24.3. The SMILES string of the molecule is CC1=C(C(=O)Nc2ccc(Cl)cc2)[C@@H](c2ccccc2)C(C#N)=C(SCC(=O)Nc2cccc(C)c2C)N1. The number of nitrogens with zero attached hydrogens (tertiary/aromatic N) is 1. The van der Waals surface area contributed by atoms with E-state index in [9.17, 15) is 14.9 Å². The molecule has 0 saturated heterocycles. The highest BCUT2D eigenvalue weighted by Crippen LogP contribution is 2.41. The number of halogens is 1. The molecule has 3 aromatic rings. The highest BCUT2D eigenvalue weighted by Gasteiger charge is 2.34. The smallest absolute Gasteiger partial charge is 0.254 e. The molecule has 1 aliphatic heterocycles. The number of nitrogens with one attached hydrogen (secondary N) is 3. The van der Waals surface area contributed by atoms with E-state index >= 15 is 0 Å². The maximum absolute atomic E-state index is 13.5. The molecule has 0 fully saturated rings. The largest absolute Gasteiger partial charge is 0.353 e. The Kier molecular flexibility index (Phi) is 8.57. The number of rotatable bonds is 7. The minimum atomic E-state index is -0.598. The molecule has 192 valence electrons. The fourth-order valence-corrected chi connectivity index (χ4v) is 5.27. The van der Waals surface area contributed by atoms with Crippen LogP contribution in [0.15, 0.2) is 94.7 Å². The van der Waals surface area contributed by atoms with E-state index in [4.69, 9.17) is 11.6 Å². The van der Waals surface area contributed by atoms with Crippen LogP contribution in [0.1, 0.15) is 29.5 Å². The third kappa shape index (κ3) is 6.10. The summed E-state index contributed by atoms with van der Waals surface area (Å²) in [6.07, 6.45) is 0. The first-order chi connectivity index (χ1) is 18.3. The number of allylic oxidation sites excluding steroid dienone is 2. The van der Waals surface area contributed by atoms with Crippen LogP contribution < -0.4 is 16.0 Å². The summed E-state index contributed by atoms with van der Waals surface area (Å²) in [6.45, 7) is 5.76. The van der Waals surface area contributed by atoms with Crippen LogP contribution in [-0.4, -0.2) is 17.6 Å². The Bertz CT molecular complexity index is 1470. The van der Waals surface area contributed by atoms with Gasteiger partial charge in [0, 0.05) is 27.7 Å². The second-order valence-corrected chi connectivity index (χ2v) is 10.3. The number of hydrogen-bond acceptors (Lipinski definition) is 5. The van der Waals surface area contributed by atoms with Crippen LogP contribution in [0.25, 0.3) is 0 Å². The summed E-state index contributed by atoms with van der Waals surface area (Å²) in [4.78, 5) is 26.3. The van der Waals surface area contributed by atoms with E-state index in [1.165, 1.54) is 11.8 Å². The van der Waals surface area contributed by atoms with Gasteiger partial charge in [0.25, 0.3) is 5.91 Å². The van der Waals surface area contributed by atoms with E-state index in [1.807, 2.05) is 62.4 Å². The molecule has 0 spiro atoms. The summed E-state index contributed by atoms with van der Waals surface area (Å²) in [5.41, 5.74) is 5.70. The fourth-order valence-electron chi connectivity index (χ4n) is 4.25. The van der Waals surface area contributed by atoms with E-state index in [1.54, 1.807) is 31.2 Å². The number of thioether (sulfide) groups is 1. The first-order valence-electron chi connectivity index (χ1n) is 12.0. The zero-order valence-electron chi connectivity index (χ0n) is 21.3. The molecule has 1 heterocycles. The normalized spacial score (nSPS) is 15.0. The molecule has 0 radical (unpaired) electrons. The number of anilines is 2. The van der Waals surface area contributed by atoms with E-state index in [-0.39, 0.29) is 17.6 Å². The van der Waals surface area contributed by atoms with Gasteiger partial charge in [-0.3, -0.25) is 9.59 Å². The van der Waals surface area contributed by atoms with Gasteiger partial charge in [-0.05, 0) is 67.8 Å². The number of benzene rings is 3. The van der Waals surface area contributed by atoms with Gasteiger partial charge in [0.15, 0.2) is 0 Å². The van der Waals surface area contributed by atoms with E-state index in [0.717, 1.165) is 22.4 Å². The van der Waals surface area contributed by atoms with Gasteiger partial charge in [-0.2, -0.15) is 5.26 Å². The molecule has 3 aromatic carbocycles. The van der Waals surface area contributed by atoms with Crippen LogP contribution in [0.5, 0.6) is 0 Å². The topological polar surface area (TPSA) is 94.0 Å². The molecule has 8 heteroatoms. The third-order valence-electron chi connectivity index (χ3n) is 6.35. The van der Waals surface area contributed by atoms with Crippen molar-refractivity contribution in [2.24, 2.45) is 0 Å². The van der Waals surface area contributed by atoms with Crippen molar-refractivity contribution in [3.8, 4) is 6.07 Å². The highest BCUT2D eigenvalue weighted by atomic mass is 35.5. The number of aryl methyl sites for hydroxylation is 1. The van der Waals surface area contributed by atoms with Crippen molar-refractivity contribution in [3.63, 3.8) is 0 Å². The Morgan fingerprint density at radius 2 is 1.68 bits per heavy atom. The Morgan fingerprint density at radius 1 is 0.974 bits per heavy atom. The second-order valence-electron chi connectivity index (χ2n) is 8.91. The average Bonchev–Trinajstić information content (AvgIpc) is 2.91. The first kappa shape index (κ1) is 27.1. The molecule has 1 atom stereocenters. The molecule has 3 N–H and O–H groups in total. The summed E-state index contributed by atoms with van der Waals surface area (Å²) < 4.78 is 0. The lowest BCUT2D eigenvalue weighted by Crippen LogP contribution is -2.31. The minimum Gasteiger partial charge on any atom is -0.353 e. The fraction of sp³-hybridized carbons (Fsp3) is 0.167. The summed E-state index contributed by atoms with van der Waals surface area (Å²) in [5, 5.41) is 20.5. The Morgan fingerprint density at radius 3 is 2.37 bits per heavy atom. The van der Waals surface area contributed by atoms with E-state index in [2.05, 4.69) is 22.0 Å². The van der Waals surface area contributed by atoms with Crippen molar-refractivity contribution in [3.05, 3.63) is 116 Å². The Hall–Kier alpha value is -3.99. The number of hydrogen-bond donors (Lipinski definition) is 3. The molecule has 4 rings (SSSR count). The van der Waals surface area contributed by atoms with Crippen molar-refractivity contribution in [1.29, 1.82) is 5.26 Å². The molecule has 38 heavy (non-hydrogen) atoms. The van der Waals surface area contributed by atoms with Gasteiger partial charge in [0.1, 0.15) is 0 Å². The Balaban J connectivity index is 1.61. The molecule has 0 unspecified atom stereocenters. The van der Waals surface area contributed by atoms with Crippen LogP contribution in [-0.2, 0) is 9.59 Å². The number of dihydropyridines is 1. The van der Waals surface area contributed by atoms with Crippen molar-refractivity contribution in [2.45, 2.75) is 26.7 Å². The van der Waals surface area contributed by atoms with Gasteiger partial charge in [0.05, 0.1) is 28.3 Å². The van der Waals surface area contributed by atoms with Gasteiger partial charge in [-0.1, -0.05) is 65.8 Å². The predicted molar refractivity (Wildman–Crippen MR) is 155 cm³/mol.